The Labute approximate surface area is 257 Å². The normalized spacial score (nSPS) is 14.6. The number of rotatable bonds is 6. The van der Waals surface area contributed by atoms with Gasteiger partial charge in [0.1, 0.15) is 0 Å². The molecule has 2 aromatic heterocycles. The number of nitrogens with zero attached hydrogens (tertiary/aromatic N) is 2. The van der Waals surface area contributed by atoms with Crippen molar-refractivity contribution < 1.29 is 9.90 Å². The Hall–Kier alpha value is -2.43. The number of ketones is 1. The second kappa shape index (κ2) is 28.7. The van der Waals surface area contributed by atoms with Crippen LogP contribution in [-0.4, -0.2) is 56.1 Å². The molecule has 2 heterocycles. The Morgan fingerprint density at radius 3 is 1.93 bits per heavy atom. The zero-order valence-corrected chi connectivity index (χ0v) is 28.0. The van der Waals surface area contributed by atoms with Crippen LogP contribution in [0.1, 0.15) is 112 Å². The van der Waals surface area contributed by atoms with Crippen LogP contribution in [0, 0.1) is 0 Å². The number of carbonyl (C=O) groups excluding carboxylic acids is 1. The molecule has 2 aliphatic carbocycles. The Balaban J connectivity index is -0.000000467. The molecule has 0 radical (unpaired) electrons. The summed E-state index contributed by atoms with van der Waals surface area (Å²) in [5.74, 6) is 0.00574. The second-order valence-electron chi connectivity index (χ2n) is 9.95. The molecule has 9 heteroatoms. The van der Waals surface area contributed by atoms with Gasteiger partial charge in [-0.1, -0.05) is 79.0 Å². The molecule has 9 nitrogen and oxygen atoms in total. The van der Waals surface area contributed by atoms with E-state index >= 15 is 0 Å². The SMILES string of the molecule is CC.CC.CC.CC(C)(N)C(=O)Cc1ccccn1.NC1CC=CC1.NCC1(O)CCCCC1.NCCc1cnc[nH]1. The van der Waals surface area contributed by atoms with Gasteiger partial charge in [0, 0.05) is 42.8 Å². The standard InChI is InChI=1S/C10H14N2O.C7H15NO.C5H9N3.C5H9N.3C2H6/c1-10(2,11)9(13)7-8-5-3-4-6-12-8;8-6-7(9)4-2-1-3-5-7;6-2-1-5-3-7-4-8-5;6-5-3-1-2-4-5;3*1-2/h3-6H,7,11H2,1-2H3;9H,1-6,8H2;3-4H,1-2,6H2,(H,7,8);1-2,5H,3-4,6H2;3*1-2H3. The fourth-order valence-corrected chi connectivity index (χ4v) is 3.52. The largest absolute Gasteiger partial charge is 0.389 e. The number of carbonyl (C=O) groups is 1. The van der Waals surface area contributed by atoms with E-state index in [0.29, 0.717) is 25.6 Å². The van der Waals surface area contributed by atoms with Crippen molar-refractivity contribution >= 4 is 5.78 Å². The van der Waals surface area contributed by atoms with Gasteiger partial charge < -0.3 is 33.0 Å². The highest BCUT2D eigenvalue weighted by Gasteiger charge is 2.26. The van der Waals surface area contributed by atoms with Crippen molar-refractivity contribution in [2.24, 2.45) is 22.9 Å². The number of imidazole rings is 1. The molecular formula is C33H65N7O2. The highest BCUT2D eigenvalue weighted by atomic mass is 16.3. The Morgan fingerprint density at radius 1 is 1.02 bits per heavy atom. The third-order valence-electron chi connectivity index (χ3n) is 5.96. The van der Waals surface area contributed by atoms with E-state index in [1.54, 1.807) is 32.6 Å². The summed E-state index contributed by atoms with van der Waals surface area (Å²) >= 11 is 0. The minimum absolute atomic E-state index is 0.00574. The van der Waals surface area contributed by atoms with Gasteiger partial charge in [0.25, 0.3) is 0 Å². The van der Waals surface area contributed by atoms with Crippen LogP contribution in [0.25, 0.3) is 0 Å². The van der Waals surface area contributed by atoms with Crippen LogP contribution < -0.4 is 22.9 Å². The van der Waals surface area contributed by atoms with E-state index in [2.05, 4.69) is 27.1 Å². The number of nitrogens with two attached hydrogens (primary N) is 4. The number of aromatic nitrogens is 3. The average molecular weight is 592 g/mol. The highest BCUT2D eigenvalue weighted by Crippen LogP contribution is 2.26. The van der Waals surface area contributed by atoms with Gasteiger partial charge >= 0.3 is 0 Å². The topological polar surface area (TPSA) is 183 Å². The molecular weight excluding hydrogens is 526 g/mol. The molecule has 2 aliphatic rings. The molecule has 0 atom stereocenters. The second-order valence-corrected chi connectivity index (χ2v) is 9.95. The lowest BCUT2D eigenvalue weighted by atomic mass is 9.85. The van der Waals surface area contributed by atoms with Gasteiger partial charge in [-0.15, -0.1) is 0 Å². The van der Waals surface area contributed by atoms with Gasteiger partial charge in [0.05, 0.1) is 23.9 Å². The molecule has 0 aromatic carbocycles. The first kappa shape index (κ1) is 44.0. The van der Waals surface area contributed by atoms with Crippen LogP contribution in [-0.2, 0) is 17.6 Å². The number of nitrogens with one attached hydrogen (secondary N) is 1. The molecule has 0 unspecified atom stereocenters. The summed E-state index contributed by atoms with van der Waals surface area (Å²) in [6.45, 7) is 16.5. The van der Waals surface area contributed by atoms with Gasteiger partial charge in [-0.2, -0.15) is 0 Å². The zero-order chi connectivity index (χ0) is 32.9. The third-order valence-corrected chi connectivity index (χ3v) is 5.96. The smallest absolute Gasteiger partial charge is 0.158 e. The number of Topliss-reactive ketones (excluding diaryl/α,β-unsaturated/α-hetero) is 1. The monoisotopic (exact) mass is 592 g/mol. The third kappa shape index (κ3) is 24.2. The number of aliphatic hydroxyl groups is 1. The molecule has 244 valence electrons. The van der Waals surface area contributed by atoms with Crippen LogP contribution >= 0.6 is 0 Å². The molecule has 0 amide bonds. The maximum atomic E-state index is 11.5. The van der Waals surface area contributed by atoms with Crippen molar-refractivity contribution in [2.75, 3.05) is 13.1 Å². The van der Waals surface area contributed by atoms with Gasteiger partial charge in [0.2, 0.25) is 0 Å². The van der Waals surface area contributed by atoms with Crippen molar-refractivity contribution in [1.82, 2.24) is 15.0 Å². The van der Waals surface area contributed by atoms with E-state index in [1.165, 1.54) is 6.42 Å². The first-order chi connectivity index (χ1) is 20.1. The molecule has 0 spiro atoms. The van der Waals surface area contributed by atoms with E-state index < -0.39 is 11.1 Å². The molecule has 42 heavy (non-hydrogen) atoms. The van der Waals surface area contributed by atoms with Gasteiger partial charge in [-0.05, 0) is 58.2 Å². The lowest BCUT2D eigenvalue weighted by Crippen LogP contribution is -2.42. The van der Waals surface area contributed by atoms with Gasteiger partial charge in [-0.3, -0.25) is 9.78 Å². The molecule has 2 aromatic rings. The van der Waals surface area contributed by atoms with Crippen LogP contribution in [0.2, 0.25) is 0 Å². The lowest BCUT2D eigenvalue weighted by Gasteiger charge is -2.30. The summed E-state index contributed by atoms with van der Waals surface area (Å²) in [5.41, 5.74) is 22.4. The van der Waals surface area contributed by atoms with Gasteiger partial charge in [0.15, 0.2) is 5.78 Å². The lowest BCUT2D eigenvalue weighted by molar-refractivity contribution is -0.122. The molecule has 0 saturated heterocycles. The molecule has 1 saturated carbocycles. The minimum Gasteiger partial charge on any atom is -0.389 e. The summed E-state index contributed by atoms with van der Waals surface area (Å²) in [5, 5.41) is 9.56. The van der Waals surface area contributed by atoms with Crippen LogP contribution in [0.15, 0.2) is 49.1 Å². The number of hydrogen-bond acceptors (Lipinski definition) is 8. The van der Waals surface area contributed by atoms with Crippen molar-refractivity contribution in [3.63, 3.8) is 0 Å². The number of pyridine rings is 1. The first-order valence-corrected chi connectivity index (χ1v) is 15.8. The van der Waals surface area contributed by atoms with Crippen molar-refractivity contribution in [2.45, 2.75) is 130 Å². The van der Waals surface area contributed by atoms with Crippen molar-refractivity contribution in [3.8, 4) is 0 Å². The summed E-state index contributed by atoms with van der Waals surface area (Å²) in [6, 6.07) is 5.94. The Kier molecular flexibility index (Phi) is 30.1. The quantitative estimate of drug-likeness (QED) is 0.247. The maximum absolute atomic E-state index is 11.5. The highest BCUT2D eigenvalue weighted by molar-refractivity contribution is 5.88. The fraction of sp³-hybridized carbons (Fsp3) is 0.667. The van der Waals surface area contributed by atoms with Crippen LogP contribution in [0.5, 0.6) is 0 Å². The molecule has 10 N–H and O–H groups in total. The van der Waals surface area contributed by atoms with E-state index in [0.717, 1.165) is 56.3 Å². The summed E-state index contributed by atoms with van der Waals surface area (Å²) < 4.78 is 0. The summed E-state index contributed by atoms with van der Waals surface area (Å²) in [6.07, 6.45) is 18.1. The number of hydrogen-bond donors (Lipinski definition) is 6. The predicted octanol–water partition coefficient (Wildman–Crippen LogP) is 5.22. The fourth-order valence-electron chi connectivity index (χ4n) is 3.52. The average Bonchev–Trinajstić information content (AvgIpc) is 3.72. The van der Waals surface area contributed by atoms with Gasteiger partial charge in [-0.25, -0.2) is 4.98 Å². The molecule has 0 aliphatic heterocycles. The van der Waals surface area contributed by atoms with Crippen molar-refractivity contribution in [1.29, 1.82) is 0 Å². The first-order valence-electron chi connectivity index (χ1n) is 15.8. The van der Waals surface area contributed by atoms with E-state index in [1.807, 2.05) is 59.7 Å². The minimum atomic E-state index is -0.766. The van der Waals surface area contributed by atoms with Crippen molar-refractivity contribution in [3.05, 3.63) is 60.5 Å². The van der Waals surface area contributed by atoms with E-state index in [4.69, 9.17) is 22.9 Å². The van der Waals surface area contributed by atoms with Crippen LogP contribution in [0.4, 0.5) is 0 Å². The maximum Gasteiger partial charge on any atom is 0.158 e. The number of aromatic amines is 1. The zero-order valence-electron chi connectivity index (χ0n) is 28.0. The Bertz CT molecular complexity index is 837. The van der Waals surface area contributed by atoms with E-state index in [-0.39, 0.29) is 5.78 Å². The van der Waals surface area contributed by atoms with E-state index in [9.17, 15) is 9.90 Å². The molecule has 0 bridgehead atoms. The molecule has 1 fully saturated rings. The Morgan fingerprint density at radius 2 is 1.60 bits per heavy atom. The van der Waals surface area contributed by atoms with Crippen LogP contribution in [0.3, 0.4) is 0 Å². The molecule has 4 rings (SSSR count). The summed E-state index contributed by atoms with van der Waals surface area (Å²) in [4.78, 5) is 22.3. The summed E-state index contributed by atoms with van der Waals surface area (Å²) in [7, 11) is 0. The predicted molar refractivity (Wildman–Crippen MR) is 180 cm³/mol. The number of H-pyrrole nitrogens is 1.